The fourth-order valence-corrected chi connectivity index (χ4v) is 4.23. The lowest BCUT2D eigenvalue weighted by atomic mass is 10.2. The van der Waals surface area contributed by atoms with Gasteiger partial charge in [-0.3, -0.25) is 0 Å². The van der Waals surface area contributed by atoms with Gasteiger partial charge in [0.2, 0.25) is 0 Å². The Hall–Kier alpha value is -2.42. The van der Waals surface area contributed by atoms with Gasteiger partial charge in [0.25, 0.3) is 0 Å². The van der Waals surface area contributed by atoms with Gasteiger partial charge in [0.1, 0.15) is 0 Å². The zero-order chi connectivity index (χ0) is 16.4. The minimum Gasteiger partial charge on any atom is -0.324 e. The van der Waals surface area contributed by atoms with Crippen molar-refractivity contribution in [3.8, 4) is 5.82 Å². The molecule has 0 aliphatic carbocycles. The van der Waals surface area contributed by atoms with Crippen molar-refractivity contribution in [1.82, 2.24) is 19.7 Å². The molecular formula is C14H17N5O3S. The molecule has 1 saturated heterocycles. The Morgan fingerprint density at radius 3 is 2.83 bits per heavy atom. The van der Waals surface area contributed by atoms with Crippen LogP contribution in [-0.4, -0.2) is 58.7 Å². The highest BCUT2D eigenvalue weighted by Crippen LogP contribution is 2.18. The molecule has 1 N–H and O–H groups in total. The zero-order valence-electron chi connectivity index (χ0n) is 12.6. The first-order valence-electron chi connectivity index (χ1n) is 7.15. The number of urea groups is 1. The number of hydrogen-bond donors (Lipinski definition) is 1. The highest BCUT2D eigenvalue weighted by molar-refractivity contribution is 7.91. The van der Waals surface area contributed by atoms with Gasteiger partial charge >= 0.3 is 6.03 Å². The van der Waals surface area contributed by atoms with E-state index >= 15 is 0 Å². The minimum atomic E-state index is -3.02. The number of nitrogens with zero attached hydrogens (tertiary/aromatic N) is 4. The van der Waals surface area contributed by atoms with E-state index in [1.165, 1.54) is 11.1 Å². The third kappa shape index (κ3) is 3.50. The van der Waals surface area contributed by atoms with E-state index in [1.54, 1.807) is 42.3 Å². The quantitative estimate of drug-likeness (QED) is 0.899. The van der Waals surface area contributed by atoms with Crippen molar-refractivity contribution in [1.29, 1.82) is 0 Å². The van der Waals surface area contributed by atoms with Crippen LogP contribution >= 0.6 is 0 Å². The Morgan fingerprint density at radius 2 is 2.26 bits per heavy atom. The first-order valence-corrected chi connectivity index (χ1v) is 8.97. The fourth-order valence-electron chi connectivity index (χ4n) is 2.46. The lowest BCUT2D eigenvalue weighted by molar-refractivity contribution is 0.209. The molecule has 2 aromatic heterocycles. The van der Waals surface area contributed by atoms with Gasteiger partial charge < -0.3 is 10.2 Å². The summed E-state index contributed by atoms with van der Waals surface area (Å²) in [6, 6.07) is 4.63. The van der Waals surface area contributed by atoms with Gasteiger partial charge in [-0.05, 0) is 24.6 Å². The van der Waals surface area contributed by atoms with Crippen LogP contribution in [0.1, 0.15) is 6.42 Å². The van der Waals surface area contributed by atoms with E-state index in [4.69, 9.17) is 0 Å². The number of pyridine rings is 1. The molecule has 2 amide bonds. The number of nitrogens with one attached hydrogen (secondary N) is 1. The first-order chi connectivity index (χ1) is 10.9. The second kappa shape index (κ2) is 5.99. The molecule has 8 nitrogen and oxygen atoms in total. The normalized spacial score (nSPS) is 19.4. The number of rotatable bonds is 3. The molecule has 0 bridgehead atoms. The SMILES string of the molecule is CN(C(=O)Nc1ccc(-n2cccn2)nc1)[C@H]1CCS(=O)(=O)C1. The molecule has 3 heterocycles. The number of aromatic nitrogens is 3. The van der Waals surface area contributed by atoms with Crippen molar-refractivity contribution in [2.24, 2.45) is 0 Å². The predicted molar refractivity (Wildman–Crippen MR) is 85.2 cm³/mol. The number of sulfone groups is 1. The smallest absolute Gasteiger partial charge is 0.321 e. The van der Waals surface area contributed by atoms with Gasteiger partial charge in [-0.1, -0.05) is 0 Å². The summed E-state index contributed by atoms with van der Waals surface area (Å²) in [5.74, 6) is 0.797. The Bertz CT molecular complexity index is 786. The van der Waals surface area contributed by atoms with Crippen LogP contribution in [0, 0.1) is 0 Å². The number of anilines is 1. The number of hydrogen-bond acceptors (Lipinski definition) is 5. The molecule has 0 aromatic carbocycles. The topological polar surface area (TPSA) is 97.2 Å². The molecule has 0 radical (unpaired) electrons. The maximum atomic E-state index is 12.2. The van der Waals surface area contributed by atoms with E-state index in [0.29, 0.717) is 17.9 Å². The molecule has 122 valence electrons. The molecule has 2 aromatic rings. The van der Waals surface area contributed by atoms with E-state index < -0.39 is 9.84 Å². The molecule has 0 unspecified atom stereocenters. The predicted octanol–water partition coefficient (Wildman–Crippen LogP) is 0.918. The summed E-state index contributed by atoms with van der Waals surface area (Å²) in [7, 11) is -1.42. The monoisotopic (exact) mass is 335 g/mol. The van der Waals surface area contributed by atoms with Crippen molar-refractivity contribution in [3.05, 3.63) is 36.8 Å². The van der Waals surface area contributed by atoms with E-state index in [-0.39, 0.29) is 23.6 Å². The van der Waals surface area contributed by atoms with Crippen LogP contribution in [-0.2, 0) is 9.84 Å². The summed E-state index contributed by atoms with van der Waals surface area (Å²) in [5.41, 5.74) is 0.540. The lowest BCUT2D eigenvalue weighted by Crippen LogP contribution is -2.40. The highest BCUT2D eigenvalue weighted by atomic mass is 32.2. The summed E-state index contributed by atoms with van der Waals surface area (Å²) < 4.78 is 24.6. The fraction of sp³-hybridized carbons (Fsp3) is 0.357. The molecule has 23 heavy (non-hydrogen) atoms. The van der Waals surface area contributed by atoms with Gasteiger partial charge in [0.15, 0.2) is 15.7 Å². The molecule has 1 aliphatic heterocycles. The van der Waals surface area contributed by atoms with Crippen LogP contribution < -0.4 is 5.32 Å². The molecule has 0 spiro atoms. The van der Waals surface area contributed by atoms with Gasteiger partial charge in [-0.2, -0.15) is 5.10 Å². The third-order valence-corrected chi connectivity index (χ3v) is 5.57. The largest absolute Gasteiger partial charge is 0.324 e. The maximum absolute atomic E-state index is 12.2. The van der Waals surface area contributed by atoms with Crippen LogP contribution in [0.15, 0.2) is 36.8 Å². The Kier molecular flexibility index (Phi) is 4.03. The zero-order valence-corrected chi connectivity index (χ0v) is 13.4. The Balaban J connectivity index is 1.64. The first kappa shape index (κ1) is 15.5. The van der Waals surface area contributed by atoms with Crippen LogP contribution in [0.25, 0.3) is 5.82 Å². The van der Waals surface area contributed by atoms with Crippen molar-refractivity contribution < 1.29 is 13.2 Å². The van der Waals surface area contributed by atoms with Crippen LogP contribution in [0.5, 0.6) is 0 Å². The Labute approximate surface area is 134 Å². The van der Waals surface area contributed by atoms with E-state index in [0.717, 1.165) is 0 Å². The molecule has 9 heteroatoms. The van der Waals surface area contributed by atoms with Gasteiger partial charge in [0.05, 0.1) is 23.4 Å². The molecular weight excluding hydrogens is 318 g/mol. The minimum absolute atomic E-state index is 0.0212. The van der Waals surface area contributed by atoms with Crippen molar-refractivity contribution in [2.45, 2.75) is 12.5 Å². The average Bonchev–Trinajstić information content (AvgIpc) is 3.16. The van der Waals surface area contributed by atoms with E-state index in [2.05, 4.69) is 15.4 Å². The number of carbonyl (C=O) groups excluding carboxylic acids is 1. The summed E-state index contributed by atoms with van der Waals surface area (Å²) in [5, 5.41) is 6.79. The molecule has 0 saturated carbocycles. The summed E-state index contributed by atoms with van der Waals surface area (Å²) in [4.78, 5) is 17.9. The molecule has 3 rings (SSSR count). The van der Waals surface area contributed by atoms with Gasteiger partial charge in [-0.15, -0.1) is 0 Å². The Morgan fingerprint density at radius 1 is 1.43 bits per heavy atom. The highest BCUT2D eigenvalue weighted by Gasteiger charge is 2.32. The second-order valence-electron chi connectivity index (χ2n) is 5.45. The van der Waals surface area contributed by atoms with Crippen molar-refractivity contribution in [3.63, 3.8) is 0 Å². The van der Waals surface area contributed by atoms with Crippen molar-refractivity contribution in [2.75, 3.05) is 23.9 Å². The standard InChI is InChI=1S/C14H17N5O3S/c1-18(12-5-8-23(21,22)10-12)14(20)17-11-3-4-13(15-9-11)19-7-2-6-16-19/h2-4,6-7,9,12H,5,8,10H2,1H3,(H,17,20)/t12-/m0/s1. The van der Waals surface area contributed by atoms with Crippen LogP contribution in [0.4, 0.5) is 10.5 Å². The van der Waals surface area contributed by atoms with Gasteiger partial charge in [0, 0.05) is 25.5 Å². The van der Waals surface area contributed by atoms with E-state index in [1.807, 2.05) is 0 Å². The third-order valence-electron chi connectivity index (χ3n) is 3.81. The average molecular weight is 335 g/mol. The summed E-state index contributed by atoms with van der Waals surface area (Å²) >= 11 is 0. The van der Waals surface area contributed by atoms with Crippen molar-refractivity contribution >= 4 is 21.6 Å². The summed E-state index contributed by atoms with van der Waals surface area (Å²) in [6.45, 7) is 0. The van der Waals surface area contributed by atoms with Crippen LogP contribution in [0.3, 0.4) is 0 Å². The lowest BCUT2D eigenvalue weighted by Gasteiger charge is -2.23. The molecule has 1 fully saturated rings. The van der Waals surface area contributed by atoms with E-state index in [9.17, 15) is 13.2 Å². The second-order valence-corrected chi connectivity index (χ2v) is 7.68. The molecule has 1 atom stereocenters. The summed E-state index contributed by atoms with van der Waals surface area (Å²) in [6.07, 6.45) is 5.44. The molecule has 1 aliphatic rings. The van der Waals surface area contributed by atoms with Crippen LogP contribution in [0.2, 0.25) is 0 Å². The number of amides is 2. The van der Waals surface area contributed by atoms with Gasteiger partial charge in [-0.25, -0.2) is 22.9 Å². The maximum Gasteiger partial charge on any atom is 0.321 e. The number of carbonyl (C=O) groups is 1.